The highest BCUT2D eigenvalue weighted by atomic mass is 16.5. The summed E-state index contributed by atoms with van der Waals surface area (Å²) in [6.45, 7) is 1.86. The van der Waals surface area contributed by atoms with Crippen LogP contribution < -0.4 is 4.74 Å². The van der Waals surface area contributed by atoms with Crippen LogP contribution in [-0.4, -0.2) is 16.7 Å². The maximum absolute atomic E-state index is 11.3. The highest BCUT2D eigenvalue weighted by Gasteiger charge is 2.77. The van der Waals surface area contributed by atoms with Crippen LogP contribution in [0.1, 0.15) is 18.9 Å². The summed E-state index contributed by atoms with van der Waals surface area (Å²) in [6, 6.07) is 7.40. The van der Waals surface area contributed by atoms with Crippen molar-refractivity contribution in [2.75, 3.05) is 0 Å². The molecule has 1 aromatic carbocycles. The fraction of sp³-hybridized carbons (Fsp3) is 0.364. The van der Waals surface area contributed by atoms with E-state index < -0.39 is 17.0 Å². The molecule has 0 amide bonds. The lowest BCUT2D eigenvalue weighted by Crippen LogP contribution is -2.27. The normalized spacial score (nSPS) is 36.9. The summed E-state index contributed by atoms with van der Waals surface area (Å²) in [5.41, 5.74) is -0.457. The van der Waals surface area contributed by atoms with Crippen molar-refractivity contribution in [3.63, 3.8) is 0 Å². The Bertz CT molecular complexity index is 440. The minimum atomic E-state index is -0.774. The number of ether oxygens (including phenoxy) is 1. The third-order valence-corrected chi connectivity index (χ3v) is 3.43. The largest absolute Gasteiger partial charge is 0.486 e. The van der Waals surface area contributed by atoms with Gasteiger partial charge in [-0.15, -0.1) is 0 Å². The van der Waals surface area contributed by atoms with Crippen LogP contribution in [0.4, 0.5) is 0 Å². The molecule has 2 aliphatic rings. The highest BCUT2D eigenvalue weighted by Crippen LogP contribution is 2.66. The second kappa shape index (κ2) is 1.95. The zero-order valence-corrected chi connectivity index (χ0v) is 7.78. The van der Waals surface area contributed by atoms with Gasteiger partial charge in [-0.3, -0.25) is 4.79 Å². The minimum absolute atomic E-state index is 0.511. The van der Waals surface area contributed by atoms with E-state index in [2.05, 4.69) is 0 Å². The molecule has 1 aromatic rings. The van der Waals surface area contributed by atoms with Gasteiger partial charge in [0.1, 0.15) is 16.8 Å². The minimum Gasteiger partial charge on any atom is -0.486 e. The van der Waals surface area contributed by atoms with Gasteiger partial charge in [-0.25, -0.2) is 0 Å². The zero-order valence-electron chi connectivity index (χ0n) is 7.78. The third kappa shape index (κ3) is 0.606. The lowest BCUT2D eigenvalue weighted by atomic mass is 9.94. The van der Waals surface area contributed by atoms with Crippen molar-refractivity contribution in [1.82, 2.24) is 0 Å². The molecule has 1 aliphatic heterocycles. The smallest absolute Gasteiger partial charge is 0.318 e. The summed E-state index contributed by atoms with van der Waals surface area (Å²) in [6.07, 6.45) is 0.590. The van der Waals surface area contributed by atoms with E-state index in [-0.39, 0.29) is 0 Å². The quantitative estimate of drug-likeness (QED) is 0.731. The number of carbonyl (C=O) groups is 1. The Labute approximate surface area is 81.3 Å². The van der Waals surface area contributed by atoms with E-state index in [1.807, 2.05) is 31.2 Å². The van der Waals surface area contributed by atoms with Crippen LogP contribution in [0.2, 0.25) is 0 Å². The fourth-order valence-electron chi connectivity index (χ4n) is 2.53. The zero-order chi connectivity index (χ0) is 9.97. The van der Waals surface area contributed by atoms with Crippen molar-refractivity contribution in [1.29, 1.82) is 0 Å². The van der Waals surface area contributed by atoms with Crippen molar-refractivity contribution in [2.45, 2.75) is 24.4 Å². The van der Waals surface area contributed by atoms with Gasteiger partial charge in [0.2, 0.25) is 0 Å². The molecule has 1 aliphatic carbocycles. The van der Waals surface area contributed by atoms with E-state index in [1.54, 1.807) is 0 Å². The first-order chi connectivity index (χ1) is 6.60. The molecule has 2 unspecified atom stereocenters. The molecule has 14 heavy (non-hydrogen) atoms. The highest BCUT2D eigenvalue weighted by molar-refractivity contribution is 5.91. The van der Waals surface area contributed by atoms with Crippen molar-refractivity contribution in [3.8, 4) is 5.75 Å². The van der Waals surface area contributed by atoms with Crippen LogP contribution in [0.25, 0.3) is 0 Å². The molecule has 3 nitrogen and oxygen atoms in total. The van der Waals surface area contributed by atoms with E-state index in [0.29, 0.717) is 6.42 Å². The van der Waals surface area contributed by atoms with Gasteiger partial charge < -0.3 is 9.84 Å². The molecular formula is C11H10O3. The molecule has 2 atom stereocenters. The predicted molar refractivity (Wildman–Crippen MR) is 49.4 cm³/mol. The molecule has 0 aromatic heterocycles. The number of benzene rings is 1. The number of carboxylic acids is 1. The molecule has 1 fully saturated rings. The Morgan fingerprint density at radius 2 is 2.21 bits per heavy atom. The molecule has 1 saturated carbocycles. The number of rotatable bonds is 1. The molecule has 0 radical (unpaired) electrons. The molecule has 0 saturated heterocycles. The van der Waals surface area contributed by atoms with Gasteiger partial charge in [0.05, 0.1) is 0 Å². The van der Waals surface area contributed by atoms with E-state index in [0.717, 1.165) is 11.3 Å². The number of fused-ring (bicyclic) bond motifs is 3. The predicted octanol–water partition coefficient (Wildman–Crippen LogP) is 1.56. The Morgan fingerprint density at radius 1 is 1.50 bits per heavy atom. The van der Waals surface area contributed by atoms with Gasteiger partial charge in [-0.05, 0) is 13.0 Å². The van der Waals surface area contributed by atoms with Crippen molar-refractivity contribution in [2.24, 2.45) is 0 Å². The molecule has 1 N–H and O–H groups in total. The first kappa shape index (κ1) is 7.85. The van der Waals surface area contributed by atoms with Gasteiger partial charge in [0.15, 0.2) is 0 Å². The SMILES string of the molecule is CC12CC1(C(=O)O)c1ccccc1O2. The van der Waals surface area contributed by atoms with Crippen LogP contribution in [0.5, 0.6) is 5.75 Å². The van der Waals surface area contributed by atoms with E-state index >= 15 is 0 Å². The maximum atomic E-state index is 11.3. The average molecular weight is 190 g/mol. The fourth-order valence-corrected chi connectivity index (χ4v) is 2.53. The second-order valence-electron chi connectivity index (χ2n) is 4.22. The standard InChI is InChI=1S/C11H10O3/c1-10-6-11(10,9(12)13)7-4-2-3-5-8(7)14-10/h2-5H,6H2,1H3,(H,12,13). The number of hydrogen-bond donors (Lipinski definition) is 1. The Kier molecular flexibility index (Phi) is 1.09. The van der Waals surface area contributed by atoms with E-state index in [4.69, 9.17) is 4.74 Å². The summed E-state index contributed by atoms with van der Waals surface area (Å²) in [7, 11) is 0. The first-order valence-corrected chi connectivity index (χ1v) is 4.62. The lowest BCUT2D eigenvalue weighted by Gasteiger charge is -2.07. The van der Waals surface area contributed by atoms with Crippen molar-refractivity contribution in [3.05, 3.63) is 29.8 Å². The molecule has 1 heterocycles. The monoisotopic (exact) mass is 190 g/mol. The topological polar surface area (TPSA) is 46.5 Å². The number of para-hydroxylation sites is 1. The van der Waals surface area contributed by atoms with Crippen molar-refractivity contribution < 1.29 is 14.6 Å². The average Bonchev–Trinajstić information content (AvgIpc) is 2.67. The number of aliphatic carboxylic acids is 1. The van der Waals surface area contributed by atoms with Crippen LogP contribution in [0.15, 0.2) is 24.3 Å². The molecule has 0 spiro atoms. The van der Waals surface area contributed by atoms with Gasteiger partial charge in [0, 0.05) is 12.0 Å². The lowest BCUT2D eigenvalue weighted by molar-refractivity contribution is -0.141. The maximum Gasteiger partial charge on any atom is 0.318 e. The molecule has 72 valence electrons. The van der Waals surface area contributed by atoms with Gasteiger partial charge in [0.25, 0.3) is 0 Å². The van der Waals surface area contributed by atoms with Crippen LogP contribution in [0, 0.1) is 0 Å². The molecule has 3 heteroatoms. The van der Waals surface area contributed by atoms with Crippen molar-refractivity contribution >= 4 is 5.97 Å². The molecule has 3 rings (SSSR count). The number of carboxylic acid groups (broad SMARTS) is 1. The molecule has 0 bridgehead atoms. The van der Waals surface area contributed by atoms with Gasteiger partial charge in [-0.1, -0.05) is 18.2 Å². The first-order valence-electron chi connectivity index (χ1n) is 4.62. The van der Waals surface area contributed by atoms with Gasteiger partial charge >= 0.3 is 5.97 Å². The second-order valence-corrected chi connectivity index (χ2v) is 4.22. The van der Waals surface area contributed by atoms with E-state index in [1.165, 1.54) is 0 Å². The Hall–Kier alpha value is -1.51. The summed E-state index contributed by atoms with van der Waals surface area (Å²) in [5.74, 6) is -0.0476. The Balaban J connectivity index is 2.23. The summed E-state index contributed by atoms with van der Waals surface area (Å²) in [4.78, 5) is 11.3. The van der Waals surface area contributed by atoms with E-state index in [9.17, 15) is 9.90 Å². The summed E-state index contributed by atoms with van der Waals surface area (Å²) < 4.78 is 5.65. The number of hydrogen-bond acceptors (Lipinski definition) is 2. The van der Waals surface area contributed by atoms with Crippen LogP contribution in [0.3, 0.4) is 0 Å². The Morgan fingerprint density at radius 3 is 2.93 bits per heavy atom. The summed E-state index contributed by atoms with van der Waals surface area (Å²) in [5, 5.41) is 9.25. The molecular weight excluding hydrogens is 180 g/mol. The van der Waals surface area contributed by atoms with Crippen LogP contribution >= 0.6 is 0 Å². The van der Waals surface area contributed by atoms with Gasteiger partial charge in [-0.2, -0.15) is 0 Å². The van der Waals surface area contributed by atoms with Crippen LogP contribution in [-0.2, 0) is 10.2 Å². The third-order valence-electron chi connectivity index (χ3n) is 3.43. The summed E-state index contributed by atoms with van der Waals surface area (Å²) >= 11 is 0.